The molecule has 1 aromatic rings. The summed E-state index contributed by atoms with van der Waals surface area (Å²) in [5, 5.41) is 3.35. The van der Waals surface area contributed by atoms with Gasteiger partial charge in [-0.1, -0.05) is 43.7 Å². The summed E-state index contributed by atoms with van der Waals surface area (Å²) in [6.07, 6.45) is 3.72. The van der Waals surface area contributed by atoms with Gasteiger partial charge in [-0.3, -0.25) is 10.1 Å². The summed E-state index contributed by atoms with van der Waals surface area (Å²) in [7, 11) is 0. The fraction of sp³-hybridized carbons (Fsp3) is 0.533. The Balaban J connectivity index is 1.88. The van der Waals surface area contributed by atoms with E-state index < -0.39 is 0 Å². The van der Waals surface area contributed by atoms with Gasteiger partial charge < -0.3 is 4.90 Å². The molecule has 0 radical (unpaired) electrons. The van der Waals surface area contributed by atoms with E-state index in [0.717, 1.165) is 6.42 Å². The van der Waals surface area contributed by atoms with Crippen molar-refractivity contribution in [1.29, 1.82) is 0 Å². The van der Waals surface area contributed by atoms with Crippen molar-refractivity contribution in [3.8, 4) is 0 Å². The number of nitrogens with zero attached hydrogens (tertiary/aromatic N) is 1. The molecule has 1 aromatic carbocycles. The maximum Gasteiger partial charge on any atom is 0.238 e. The van der Waals surface area contributed by atoms with Crippen molar-refractivity contribution in [2.24, 2.45) is 5.92 Å². The summed E-state index contributed by atoms with van der Waals surface area (Å²) in [4.78, 5) is 14.2. The molecule has 3 heteroatoms. The van der Waals surface area contributed by atoms with Gasteiger partial charge in [0.05, 0.1) is 6.54 Å². The van der Waals surface area contributed by atoms with Gasteiger partial charge in [-0.25, -0.2) is 0 Å². The van der Waals surface area contributed by atoms with Crippen LogP contribution in [-0.2, 0) is 4.79 Å². The molecule has 1 N–H and O–H groups in total. The molecule has 1 saturated heterocycles. The molecule has 0 bridgehead atoms. The topological polar surface area (TPSA) is 32.3 Å². The Hall–Kier alpha value is -1.35. The Kier molecular flexibility index (Phi) is 3.08. The second-order valence-electron chi connectivity index (χ2n) is 5.47. The predicted octanol–water partition coefficient (Wildman–Crippen LogP) is 2.31. The normalized spacial score (nSPS) is 32.2. The zero-order chi connectivity index (χ0) is 12.5. The summed E-state index contributed by atoms with van der Waals surface area (Å²) in [6.45, 7) is 2.74. The highest BCUT2D eigenvalue weighted by Gasteiger charge is 2.40. The van der Waals surface area contributed by atoms with Crippen LogP contribution in [0.5, 0.6) is 0 Å². The molecule has 18 heavy (non-hydrogen) atoms. The van der Waals surface area contributed by atoms with Crippen LogP contribution in [0.1, 0.15) is 37.9 Å². The van der Waals surface area contributed by atoms with Crippen molar-refractivity contribution in [3.05, 3.63) is 35.9 Å². The van der Waals surface area contributed by atoms with Crippen LogP contribution in [-0.4, -0.2) is 23.4 Å². The van der Waals surface area contributed by atoms with E-state index in [4.69, 9.17) is 0 Å². The van der Waals surface area contributed by atoms with Gasteiger partial charge >= 0.3 is 0 Å². The van der Waals surface area contributed by atoms with Crippen LogP contribution in [0.15, 0.2) is 30.3 Å². The Bertz CT molecular complexity index is 431. The second kappa shape index (κ2) is 4.73. The van der Waals surface area contributed by atoms with Crippen molar-refractivity contribution in [1.82, 2.24) is 10.2 Å². The molecule has 1 aliphatic heterocycles. The SMILES string of the molecule is CC1CCCC1N1C(=O)CNC1c1ccccc1. The first-order chi connectivity index (χ1) is 8.77. The summed E-state index contributed by atoms with van der Waals surface area (Å²) in [6, 6.07) is 10.7. The largest absolute Gasteiger partial charge is 0.319 e. The van der Waals surface area contributed by atoms with Crippen LogP contribution in [0.4, 0.5) is 0 Å². The fourth-order valence-electron chi connectivity index (χ4n) is 3.35. The highest BCUT2D eigenvalue weighted by molar-refractivity contribution is 5.81. The van der Waals surface area contributed by atoms with E-state index in [-0.39, 0.29) is 12.1 Å². The molecule has 2 aliphatic rings. The molecule has 1 amide bonds. The molecule has 3 rings (SSSR count). The Morgan fingerprint density at radius 2 is 2.00 bits per heavy atom. The highest BCUT2D eigenvalue weighted by Crippen LogP contribution is 2.35. The minimum atomic E-state index is 0.0734. The predicted molar refractivity (Wildman–Crippen MR) is 70.8 cm³/mol. The maximum atomic E-state index is 12.2. The van der Waals surface area contributed by atoms with Gasteiger partial charge in [-0.05, 0) is 24.3 Å². The van der Waals surface area contributed by atoms with Gasteiger partial charge in [0.25, 0.3) is 0 Å². The molecule has 1 heterocycles. The minimum absolute atomic E-state index is 0.0734. The number of rotatable bonds is 2. The lowest BCUT2D eigenvalue weighted by molar-refractivity contribution is -0.131. The Morgan fingerprint density at radius 1 is 1.22 bits per heavy atom. The first-order valence-electron chi connectivity index (χ1n) is 6.87. The van der Waals surface area contributed by atoms with E-state index in [0.29, 0.717) is 18.5 Å². The number of hydrogen-bond acceptors (Lipinski definition) is 2. The van der Waals surface area contributed by atoms with Crippen LogP contribution < -0.4 is 5.32 Å². The van der Waals surface area contributed by atoms with Gasteiger partial charge in [0.15, 0.2) is 0 Å². The van der Waals surface area contributed by atoms with Crippen molar-refractivity contribution in [2.75, 3.05) is 6.54 Å². The summed E-state index contributed by atoms with van der Waals surface area (Å²) in [5.41, 5.74) is 1.20. The molecule has 3 atom stereocenters. The smallest absolute Gasteiger partial charge is 0.238 e. The molecule has 3 nitrogen and oxygen atoms in total. The molecule has 0 aromatic heterocycles. The highest BCUT2D eigenvalue weighted by atomic mass is 16.2. The molecule has 0 spiro atoms. The van der Waals surface area contributed by atoms with Gasteiger partial charge in [0, 0.05) is 6.04 Å². The summed E-state index contributed by atoms with van der Waals surface area (Å²) >= 11 is 0. The summed E-state index contributed by atoms with van der Waals surface area (Å²) in [5.74, 6) is 0.877. The Morgan fingerprint density at radius 3 is 2.67 bits per heavy atom. The van der Waals surface area contributed by atoms with Gasteiger partial charge in [0.1, 0.15) is 6.17 Å². The standard InChI is InChI=1S/C15H20N2O/c1-11-6-5-9-13(11)17-14(18)10-16-15(17)12-7-3-2-4-8-12/h2-4,7-8,11,13,15-16H,5-6,9-10H2,1H3. The lowest BCUT2D eigenvalue weighted by Crippen LogP contribution is -2.41. The minimum Gasteiger partial charge on any atom is -0.319 e. The van der Waals surface area contributed by atoms with Crippen molar-refractivity contribution < 1.29 is 4.79 Å². The van der Waals surface area contributed by atoms with Gasteiger partial charge in [-0.15, -0.1) is 0 Å². The van der Waals surface area contributed by atoms with E-state index in [1.165, 1.54) is 18.4 Å². The van der Waals surface area contributed by atoms with E-state index >= 15 is 0 Å². The average Bonchev–Trinajstić information content (AvgIpc) is 2.96. The molecule has 3 unspecified atom stereocenters. The molecule has 1 saturated carbocycles. The average molecular weight is 244 g/mol. The molecular weight excluding hydrogens is 224 g/mol. The number of carbonyl (C=O) groups is 1. The van der Waals surface area contributed by atoms with Crippen LogP contribution in [0.25, 0.3) is 0 Å². The van der Waals surface area contributed by atoms with Crippen LogP contribution in [0, 0.1) is 5.92 Å². The van der Waals surface area contributed by atoms with E-state index in [9.17, 15) is 4.79 Å². The van der Waals surface area contributed by atoms with E-state index in [1.54, 1.807) is 0 Å². The molecular formula is C15H20N2O. The van der Waals surface area contributed by atoms with E-state index in [1.807, 2.05) is 18.2 Å². The third-order valence-electron chi connectivity index (χ3n) is 4.30. The lowest BCUT2D eigenvalue weighted by atomic mass is 10.0. The zero-order valence-corrected chi connectivity index (χ0v) is 10.8. The third-order valence-corrected chi connectivity index (χ3v) is 4.30. The number of nitrogens with one attached hydrogen (secondary N) is 1. The quantitative estimate of drug-likeness (QED) is 0.866. The van der Waals surface area contributed by atoms with Crippen LogP contribution in [0.3, 0.4) is 0 Å². The Labute approximate surface area is 108 Å². The van der Waals surface area contributed by atoms with E-state index in [2.05, 4.69) is 29.3 Å². The maximum absolute atomic E-state index is 12.2. The number of hydrogen-bond donors (Lipinski definition) is 1. The first kappa shape index (κ1) is 11.7. The number of carbonyl (C=O) groups excluding carboxylic acids is 1. The van der Waals surface area contributed by atoms with Crippen molar-refractivity contribution in [3.63, 3.8) is 0 Å². The zero-order valence-electron chi connectivity index (χ0n) is 10.8. The monoisotopic (exact) mass is 244 g/mol. The van der Waals surface area contributed by atoms with Crippen molar-refractivity contribution >= 4 is 5.91 Å². The molecule has 1 aliphatic carbocycles. The number of benzene rings is 1. The first-order valence-corrected chi connectivity index (χ1v) is 6.87. The second-order valence-corrected chi connectivity index (χ2v) is 5.47. The molecule has 96 valence electrons. The van der Waals surface area contributed by atoms with Crippen LogP contribution in [0.2, 0.25) is 0 Å². The van der Waals surface area contributed by atoms with Gasteiger partial charge in [-0.2, -0.15) is 0 Å². The summed E-state index contributed by atoms with van der Waals surface area (Å²) < 4.78 is 0. The lowest BCUT2D eigenvalue weighted by Gasteiger charge is -2.33. The fourth-order valence-corrected chi connectivity index (χ4v) is 3.35. The van der Waals surface area contributed by atoms with Crippen LogP contribution >= 0.6 is 0 Å². The third kappa shape index (κ3) is 1.93. The van der Waals surface area contributed by atoms with Gasteiger partial charge in [0.2, 0.25) is 5.91 Å². The molecule has 2 fully saturated rings. The van der Waals surface area contributed by atoms with Crippen molar-refractivity contribution in [2.45, 2.75) is 38.4 Å². The number of amides is 1.